The zero-order chi connectivity index (χ0) is 10.4. The molecule has 4 nitrogen and oxygen atoms in total. The highest BCUT2D eigenvalue weighted by atomic mass is 16.4. The van der Waals surface area contributed by atoms with Gasteiger partial charge in [0.15, 0.2) is 0 Å². The van der Waals surface area contributed by atoms with Crippen molar-refractivity contribution >= 4 is 5.97 Å². The quantitative estimate of drug-likeness (QED) is 0.637. The van der Waals surface area contributed by atoms with Gasteiger partial charge >= 0.3 is 5.97 Å². The fourth-order valence-corrected chi connectivity index (χ4v) is 0.998. The molecule has 2 unspecified atom stereocenters. The van der Waals surface area contributed by atoms with Gasteiger partial charge in [-0.1, -0.05) is 6.92 Å². The molecule has 0 fully saturated rings. The molecule has 0 aromatic heterocycles. The zero-order valence-corrected chi connectivity index (χ0v) is 8.66. The second-order valence-electron chi connectivity index (χ2n) is 3.47. The van der Waals surface area contributed by atoms with Crippen molar-refractivity contribution in [2.45, 2.75) is 38.8 Å². The van der Waals surface area contributed by atoms with Crippen LogP contribution in [-0.4, -0.2) is 41.7 Å². The molecule has 0 bridgehead atoms. The van der Waals surface area contributed by atoms with Gasteiger partial charge in [0.25, 0.3) is 0 Å². The lowest BCUT2D eigenvalue weighted by Crippen LogP contribution is -2.37. The van der Waals surface area contributed by atoms with Crippen LogP contribution in [0.2, 0.25) is 0 Å². The van der Waals surface area contributed by atoms with E-state index in [1.807, 2.05) is 7.05 Å². The SMILES string of the molecule is CCC(C)N(C)CCC(N)C(=O)O. The number of hydrogen-bond donors (Lipinski definition) is 2. The highest BCUT2D eigenvalue weighted by Gasteiger charge is 2.13. The number of nitrogens with zero attached hydrogens (tertiary/aromatic N) is 1. The normalized spacial score (nSPS) is 15.8. The molecule has 0 aliphatic rings. The largest absolute Gasteiger partial charge is 0.480 e. The first-order chi connectivity index (χ1) is 5.99. The van der Waals surface area contributed by atoms with Crippen LogP contribution < -0.4 is 5.73 Å². The lowest BCUT2D eigenvalue weighted by atomic mass is 10.2. The Kier molecular flexibility index (Phi) is 5.66. The highest BCUT2D eigenvalue weighted by molar-refractivity contribution is 5.72. The first-order valence-electron chi connectivity index (χ1n) is 4.67. The number of carboxylic acids is 1. The molecule has 0 aliphatic carbocycles. The van der Waals surface area contributed by atoms with Crippen LogP contribution in [0.3, 0.4) is 0 Å². The standard InChI is InChI=1S/C9H20N2O2/c1-4-7(2)11(3)6-5-8(10)9(12)13/h7-8H,4-6,10H2,1-3H3,(H,12,13). The molecule has 0 saturated carbocycles. The summed E-state index contributed by atoms with van der Waals surface area (Å²) in [5.74, 6) is -0.919. The van der Waals surface area contributed by atoms with E-state index >= 15 is 0 Å². The van der Waals surface area contributed by atoms with Gasteiger partial charge in [0, 0.05) is 12.6 Å². The van der Waals surface area contributed by atoms with Crippen LogP contribution in [0.1, 0.15) is 26.7 Å². The van der Waals surface area contributed by atoms with Crippen LogP contribution >= 0.6 is 0 Å². The van der Waals surface area contributed by atoms with Crippen LogP contribution in [0.25, 0.3) is 0 Å². The van der Waals surface area contributed by atoms with E-state index in [0.29, 0.717) is 12.5 Å². The topological polar surface area (TPSA) is 66.6 Å². The maximum atomic E-state index is 10.4. The van der Waals surface area contributed by atoms with E-state index < -0.39 is 12.0 Å². The minimum atomic E-state index is -0.919. The molecule has 78 valence electrons. The van der Waals surface area contributed by atoms with Gasteiger partial charge in [-0.3, -0.25) is 4.79 Å². The Morgan fingerprint density at radius 3 is 2.54 bits per heavy atom. The minimum absolute atomic E-state index is 0.487. The van der Waals surface area contributed by atoms with Gasteiger partial charge in [-0.25, -0.2) is 0 Å². The van der Waals surface area contributed by atoms with Crippen molar-refractivity contribution in [1.29, 1.82) is 0 Å². The maximum Gasteiger partial charge on any atom is 0.320 e. The molecular formula is C9H20N2O2. The third kappa shape index (κ3) is 4.85. The fraction of sp³-hybridized carbons (Fsp3) is 0.889. The Bertz CT molecular complexity index is 162. The number of rotatable bonds is 6. The van der Waals surface area contributed by atoms with Gasteiger partial charge in [0.2, 0.25) is 0 Å². The lowest BCUT2D eigenvalue weighted by molar-refractivity contribution is -0.138. The fourth-order valence-electron chi connectivity index (χ4n) is 0.998. The van der Waals surface area contributed by atoms with Gasteiger partial charge in [0.05, 0.1) is 0 Å². The van der Waals surface area contributed by atoms with Crippen LogP contribution in [0.15, 0.2) is 0 Å². The molecule has 0 aliphatic heterocycles. The Labute approximate surface area is 79.7 Å². The Morgan fingerprint density at radius 1 is 1.62 bits per heavy atom. The molecule has 0 radical (unpaired) electrons. The number of nitrogens with two attached hydrogens (primary N) is 1. The first-order valence-corrected chi connectivity index (χ1v) is 4.67. The lowest BCUT2D eigenvalue weighted by Gasteiger charge is -2.23. The summed E-state index contributed by atoms with van der Waals surface area (Å²) in [6.07, 6.45) is 1.58. The van der Waals surface area contributed by atoms with Gasteiger partial charge in [-0.15, -0.1) is 0 Å². The minimum Gasteiger partial charge on any atom is -0.480 e. The van der Waals surface area contributed by atoms with E-state index in [4.69, 9.17) is 10.8 Å². The molecule has 0 aromatic rings. The zero-order valence-electron chi connectivity index (χ0n) is 8.66. The van der Waals surface area contributed by atoms with Gasteiger partial charge < -0.3 is 15.7 Å². The molecule has 0 heterocycles. The van der Waals surface area contributed by atoms with Crippen LogP contribution in [0, 0.1) is 0 Å². The maximum absolute atomic E-state index is 10.4. The predicted octanol–water partition coefficient (Wildman–Crippen LogP) is 0.519. The van der Waals surface area contributed by atoms with Crippen molar-refractivity contribution in [2.24, 2.45) is 5.73 Å². The average Bonchev–Trinajstić information content (AvgIpc) is 2.11. The van der Waals surface area contributed by atoms with E-state index in [0.717, 1.165) is 13.0 Å². The molecular weight excluding hydrogens is 168 g/mol. The number of carbonyl (C=O) groups is 1. The third-order valence-corrected chi connectivity index (χ3v) is 2.45. The van der Waals surface area contributed by atoms with Crippen LogP contribution in [-0.2, 0) is 4.79 Å². The smallest absolute Gasteiger partial charge is 0.320 e. The number of hydrogen-bond acceptors (Lipinski definition) is 3. The van der Waals surface area contributed by atoms with Crippen molar-refractivity contribution < 1.29 is 9.90 Å². The van der Waals surface area contributed by atoms with Crippen molar-refractivity contribution in [3.8, 4) is 0 Å². The summed E-state index contributed by atoms with van der Waals surface area (Å²) in [4.78, 5) is 12.5. The van der Waals surface area contributed by atoms with E-state index in [9.17, 15) is 4.79 Å². The van der Waals surface area contributed by atoms with Crippen LogP contribution in [0.4, 0.5) is 0 Å². The summed E-state index contributed by atoms with van der Waals surface area (Å²) < 4.78 is 0. The summed E-state index contributed by atoms with van der Waals surface area (Å²) >= 11 is 0. The van der Waals surface area contributed by atoms with Crippen molar-refractivity contribution in [1.82, 2.24) is 4.90 Å². The molecule has 2 atom stereocenters. The summed E-state index contributed by atoms with van der Waals surface area (Å²) in [6.45, 7) is 4.97. The van der Waals surface area contributed by atoms with Crippen LogP contribution in [0.5, 0.6) is 0 Å². The molecule has 0 saturated heterocycles. The highest BCUT2D eigenvalue weighted by Crippen LogP contribution is 2.01. The summed E-state index contributed by atoms with van der Waals surface area (Å²) in [5.41, 5.74) is 5.38. The summed E-state index contributed by atoms with van der Waals surface area (Å²) in [6, 6.07) is -0.243. The second kappa shape index (κ2) is 5.94. The monoisotopic (exact) mass is 188 g/mol. The van der Waals surface area contributed by atoms with Gasteiger partial charge in [0.1, 0.15) is 6.04 Å². The summed E-state index contributed by atoms with van der Waals surface area (Å²) in [5, 5.41) is 8.55. The Morgan fingerprint density at radius 2 is 2.15 bits per heavy atom. The first kappa shape index (κ1) is 12.4. The van der Waals surface area contributed by atoms with Crippen molar-refractivity contribution in [2.75, 3.05) is 13.6 Å². The van der Waals surface area contributed by atoms with Crippen molar-refractivity contribution in [3.05, 3.63) is 0 Å². The molecule has 0 rings (SSSR count). The van der Waals surface area contributed by atoms with Crippen molar-refractivity contribution in [3.63, 3.8) is 0 Å². The Hall–Kier alpha value is -0.610. The van der Waals surface area contributed by atoms with E-state index in [1.54, 1.807) is 0 Å². The molecule has 13 heavy (non-hydrogen) atoms. The van der Waals surface area contributed by atoms with E-state index in [-0.39, 0.29) is 0 Å². The average molecular weight is 188 g/mol. The molecule has 0 aromatic carbocycles. The third-order valence-electron chi connectivity index (χ3n) is 2.45. The second-order valence-corrected chi connectivity index (χ2v) is 3.47. The molecule has 0 spiro atoms. The predicted molar refractivity (Wildman–Crippen MR) is 52.6 cm³/mol. The van der Waals surface area contributed by atoms with Gasteiger partial charge in [-0.05, 0) is 26.8 Å². The molecule has 0 amide bonds. The van der Waals surface area contributed by atoms with E-state index in [1.165, 1.54) is 0 Å². The molecule has 3 N–H and O–H groups in total. The molecule has 4 heteroatoms. The number of carboxylic acid groups (broad SMARTS) is 1. The van der Waals surface area contributed by atoms with E-state index in [2.05, 4.69) is 18.7 Å². The van der Waals surface area contributed by atoms with Gasteiger partial charge in [-0.2, -0.15) is 0 Å². The number of aliphatic carboxylic acids is 1. The summed E-state index contributed by atoms with van der Waals surface area (Å²) in [7, 11) is 1.99. The Balaban J connectivity index is 3.69.